The second-order valence-corrected chi connectivity index (χ2v) is 4.62. The van der Waals surface area contributed by atoms with Crippen molar-refractivity contribution in [1.82, 2.24) is 9.97 Å². The van der Waals surface area contributed by atoms with Gasteiger partial charge in [0.05, 0.1) is 17.8 Å². The molecule has 6 heteroatoms. The smallest absolute Gasteiger partial charge is 0.229 e. The second kappa shape index (κ2) is 6.13. The zero-order valence-electron chi connectivity index (χ0n) is 11.6. The monoisotopic (exact) mass is 286 g/mol. The van der Waals surface area contributed by atoms with Gasteiger partial charge in [-0.1, -0.05) is 18.7 Å². The Morgan fingerprint density at radius 1 is 1.38 bits per heavy atom. The number of halogens is 1. The number of aromatic nitrogens is 2. The molecule has 108 valence electrons. The largest absolute Gasteiger partial charge is 0.397 e. The van der Waals surface area contributed by atoms with E-state index in [-0.39, 0.29) is 18.1 Å². The fraction of sp³-hybridized carbons (Fsp3) is 0.133. The molecule has 1 aromatic heterocycles. The van der Waals surface area contributed by atoms with E-state index in [4.69, 9.17) is 5.73 Å². The average molecular weight is 286 g/mol. The van der Waals surface area contributed by atoms with Crippen LogP contribution in [0.3, 0.4) is 0 Å². The van der Waals surface area contributed by atoms with Crippen molar-refractivity contribution < 1.29 is 9.18 Å². The third-order valence-electron chi connectivity index (χ3n) is 2.85. The van der Waals surface area contributed by atoms with E-state index in [0.29, 0.717) is 22.8 Å². The molecular formula is C15H15FN4O. The Morgan fingerprint density at radius 3 is 2.81 bits per heavy atom. The van der Waals surface area contributed by atoms with Gasteiger partial charge in [-0.3, -0.25) is 4.79 Å². The summed E-state index contributed by atoms with van der Waals surface area (Å²) in [6.07, 6.45) is 1.43. The molecule has 0 spiro atoms. The summed E-state index contributed by atoms with van der Waals surface area (Å²) in [6.45, 7) is 5.22. The van der Waals surface area contributed by atoms with Gasteiger partial charge in [0.25, 0.3) is 0 Å². The van der Waals surface area contributed by atoms with E-state index in [1.165, 1.54) is 18.5 Å². The lowest BCUT2D eigenvalue weighted by molar-refractivity contribution is -0.115. The normalized spacial score (nSPS) is 10.2. The van der Waals surface area contributed by atoms with Crippen LogP contribution in [0.1, 0.15) is 16.8 Å². The maximum atomic E-state index is 13.2. The predicted molar refractivity (Wildman–Crippen MR) is 78.7 cm³/mol. The molecule has 5 nitrogen and oxygen atoms in total. The maximum absolute atomic E-state index is 13.2. The number of nitrogens with two attached hydrogens (primary N) is 1. The Bertz CT molecular complexity index is 700. The van der Waals surface area contributed by atoms with Crippen molar-refractivity contribution in [3.63, 3.8) is 0 Å². The number of benzene rings is 1. The van der Waals surface area contributed by atoms with Crippen molar-refractivity contribution in [3.05, 3.63) is 59.8 Å². The van der Waals surface area contributed by atoms with Crippen molar-refractivity contribution >= 4 is 17.4 Å². The molecule has 0 aliphatic carbocycles. The number of nitrogens with zero attached hydrogens (tertiary/aromatic N) is 2. The molecule has 0 atom stereocenters. The summed E-state index contributed by atoms with van der Waals surface area (Å²) in [5, 5.41) is 2.64. The number of hydrogen-bond acceptors (Lipinski definition) is 4. The van der Waals surface area contributed by atoms with Gasteiger partial charge < -0.3 is 11.1 Å². The van der Waals surface area contributed by atoms with Crippen LogP contribution < -0.4 is 11.1 Å². The van der Waals surface area contributed by atoms with Crippen LogP contribution in [-0.2, 0) is 11.2 Å². The number of amides is 1. The van der Waals surface area contributed by atoms with Gasteiger partial charge in [-0.2, -0.15) is 0 Å². The molecule has 1 heterocycles. The van der Waals surface area contributed by atoms with E-state index < -0.39 is 0 Å². The number of hydrogen-bond donors (Lipinski definition) is 2. The number of carbonyl (C=O) groups excluding carboxylic acids is 1. The van der Waals surface area contributed by atoms with Gasteiger partial charge in [0.2, 0.25) is 5.91 Å². The van der Waals surface area contributed by atoms with Gasteiger partial charge in [0.15, 0.2) is 0 Å². The lowest BCUT2D eigenvalue weighted by Crippen LogP contribution is -2.16. The SMILES string of the molecule is C=C(N)c1cc(NC(=O)Cc2ccc(F)c(C)c2)ncn1. The number of anilines is 1. The molecule has 0 saturated carbocycles. The molecule has 1 aromatic carbocycles. The van der Waals surface area contributed by atoms with E-state index in [9.17, 15) is 9.18 Å². The average Bonchev–Trinajstić information content (AvgIpc) is 2.43. The van der Waals surface area contributed by atoms with E-state index in [1.807, 2.05) is 0 Å². The summed E-state index contributed by atoms with van der Waals surface area (Å²) in [7, 11) is 0. The molecule has 0 radical (unpaired) electrons. The van der Waals surface area contributed by atoms with E-state index in [0.717, 1.165) is 5.56 Å². The van der Waals surface area contributed by atoms with E-state index >= 15 is 0 Å². The third kappa shape index (κ3) is 3.85. The Balaban J connectivity index is 2.06. The summed E-state index contributed by atoms with van der Waals surface area (Å²) in [5.41, 5.74) is 7.51. The number of nitrogens with one attached hydrogen (secondary N) is 1. The molecule has 0 aliphatic rings. The summed E-state index contributed by atoms with van der Waals surface area (Å²) >= 11 is 0. The van der Waals surface area contributed by atoms with Gasteiger partial charge in [-0.05, 0) is 24.1 Å². The highest BCUT2D eigenvalue weighted by Gasteiger charge is 2.08. The predicted octanol–water partition coefficient (Wildman–Crippen LogP) is 2.03. The first kappa shape index (κ1) is 14.6. The summed E-state index contributed by atoms with van der Waals surface area (Å²) in [4.78, 5) is 19.8. The lowest BCUT2D eigenvalue weighted by Gasteiger charge is -2.06. The first-order chi connectivity index (χ1) is 9.95. The maximum Gasteiger partial charge on any atom is 0.229 e. The Kier molecular flexibility index (Phi) is 4.27. The molecule has 0 saturated heterocycles. The number of rotatable bonds is 4. The Morgan fingerprint density at radius 2 is 2.14 bits per heavy atom. The second-order valence-electron chi connectivity index (χ2n) is 4.62. The van der Waals surface area contributed by atoms with E-state index in [2.05, 4.69) is 21.9 Å². The van der Waals surface area contributed by atoms with Crippen LogP contribution in [0.25, 0.3) is 5.70 Å². The minimum Gasteiger partial charge on any atom is -0.397 e. The zero-order chi connectivity index (χ0) is 15.4. The van der Waals surface area contributed by atoms with Gasteiger partial charge in [0.1, 0.15) is 18.0 Å². The summed E-state index contributed by atoms with van der Waals surface area (Å²) in [5.74, 6) is -0.204. The highest BCUT2D eigenvalue weighted by Crippen LogP contribution is 2.12. The quantitative estimate of drug-likeness (QED) is 0.901. The highest BCUT2D eigenvalue weighted by molar-refractivity contribution is 5.91. The number of carbonyl (C=O) groups is 1. The summed E-state index contributed by atoms with van der Waals surface area (Å²) in [6, 6.07) is 6.10. The fourth-order valence-corrected chi connectivity index (χ4v) is 1.79. The van der Waals surface area contributed by atoms with Crippen molar-refractivity contribution in [3.8, 4) is 0 Å². The van der Waals surface area contributed by atoms with E-state index in [1.54, 1.807) is 19.1 Å². The molecule has 2 aromatic rings. The number of aryl methyl sites for hydroxylation is 1. The van der Waals surface area contributed by atoms with Crippen molar-refractivity contribution in [1.29, 1.82) is 0 Å². The van der Waals surface area contributed by atoms with Crippen LogP contribution in [0.2, 0.25) is 0 Å². The topological polar surface area (TPSA) is 80.9 Å². The van der Waals surface area contributed by atoms with Crippen LogP contribution in [0.4, 0.5) is 10.2 Å². The van der Waals surface area contributed by atoms with Crippen molar-refractivity contribution in [2.75, 3.05) is 5.32 Å². The Labute approximate surface area is 121 Å². The fourth-order valence-electron chi connectivity index (χ4n) is 1.79. The standard InChI is InChI=1S/C15H15FN4O/c1-9-5-11(3-4-12(9)16)6-15(21)20-14-7-13(10(2)17)18-8-19-14/h3-5,7-8H,2,6,17H2,1H3,(H,18,19,20,21). The molecule has 0 bridgehead atoms. The molecule has 0 unspecified atom stereocenters. The van der Waals surface area contributed by atoms with Gasteiger partial charge in [0, 0.05) is 6.07 Å². The van der Waals surface area contributed by atoms with Gasteiger partial charge in [-0.25, -0.2) is 14.4 Å². The van der Waals surface area contributed by atoms with Gasteiger partial charge in [-0.15, -0.1) is 0 Å². The Hall–Kier alpha value is -2.76. The summed E-state index contributed by atoms with van der Waals surface area (Å²) < 4.78 is 13.2. The van der Waals surface area contributed by atoms with Crippen LogP contribution >= 0.6 is 0 Å². The van der Waals surface area contributed by atoms with Crippen molar-refractivity contribution in [2.24, 2.45) is 5.73 Å². The minimum absolute atomic E-state index is 0.129. The zero-order valence-corrected chi connectivity index (χ0v) is 11.6. The van der Waals surface area contributed by atoms with Crippen molar-refractivity contribution in [2.45, 2.75) is 13.3 Å². The molecular weight excluding hydrogens is 271 g/mol. The third-order valence-corrected chi connectivity index (χ3v) is 2.85. The van der Waals surface area contributed by atoms with Gasteiger partial charge >= 0.3 is 0 Å². The first-order valence-corrected chi connectivity index (χ1v) is 6.27. The highest BCUT2D eigenvalue weighted by atomic mass is 19.1. The molecule has 0 aliphatic heterocycles. The van der Waals surface area contributed by atoms with Crippen LogP contribution in [0, 0.1) is 12.7 Å². The minimum atomic E-state index is -0.291. The first-order valence-electron chi connectivity index (χ1n) is 6.27. The molecule has 0 fully saturated rings. The lowest BCUT2D eigenvalue weighted by atomic mass is 10.1. The van der Waals surface area contributed by atoms with Crippen LogP contribution in [0.15, 0.2) is 37.2 Å². The van der Waals surface area contributed by atoms with Crippen LogP contribution in [-0.4, -0.2) is 15.9 Å². The molecule has 1 amide bonds. The molecule has 21 heavy (non-hydrogen) atoms. The van der Waals surface area contributed by atoms with Crippen LogP contribution in [0.5, 0.6) is 0 Å². The molecule has 3 N–H and O–H groups in total. The molecule has 2 rings (SSSR count).